The second kappa shape index (κ2) is 4.84. The maximum absolute atomic E-state index is 11.8. The van der Waals surface area contributed by atoms with Crippen LogP contribution in [-0.2, 0) is 0 Å². The molecule has 2 aliphatic rings. The third-order valence-corrected chi connectivity index (χ3v) is 4.27. The molecule has 0 bridgehead atoms. The van der Waals surface area contributed by atoms with Crippen LogP contribution in [0, 0.1) is 11.3 Å². The van der Waals surface area contributed by atoms with E-state index in [4.69, 9.17) is 0 Å². The minimum Gasteiger partial charge on any atom is -0.392 e. The maximum atomic E-state index is 11.8. The molecule has 0 aromatic carbocycles. The molecule has 2 N–H and O–H groups in total. The van der Waals surface area contributed by atoms with Gasteiger partial charge in [-0.3, -0.25) is 0 Å². The number of carbonyl (C=O) groups excluding carboxylic acids is 1. The van der Waals surface area contributed by atoms with Gasteiger partial charge in [0.2, 0.25) is 0 Å². The van der Waals surface area contributed by atoms with Crippen LogP contribution in [-0.4, -0.2) is 42.3 Å². The first kappa shape index (κ1) is 12.7. The molecule has 2 aliphatic carbocycles. The minimum absolute atomic E-state index is 0.0576. The topological polar surface area (TPSA) is 52.6 Å². The Hall–Kier alpha value is -0.770. The van der Waals surface area contributed by atoms with Gasteiger partial charge in [0.15, 0.2) is 0 Å². The summed E-state index contributed by atoms with van der Waals surface area (Å²) in [6.07, 6.45) is 6.09. The number of carbonyl (C=O) groups is 1. The molecule has 2 saturated carbocycles. The summed E-state index contributed by atoms with van der Waals surface area (Å²) in [6, 6.07) is -0.0576. The van der Waals surface area contributed by atoms with Crippen molar-refractivity contribution in [2.75, 3.05) is 20.1 Å². The van der Waals surface area contributed by atoms with Crippen molar-refractivity contribution in [3.05, 3.63) is 0 Å². The van der Waals surface area contributed by atoms with E-state index in [1.807, 2.05) is 0 Å². The van der Waals surface area contributed by atoms with Gasteiger partial charge in [0, 0.05) is 20.1 Å². The molecule has 0 aliphatic heterocycles. The molecule has 0 heterocycles. The highest BCUT2D eigenvalue weighted by Crippen LogP contribution is 2.56. The molecule has 98 valence electrons. The van der Waals surface area contributed by atoms with E-state index >= 15 is 0 Å². The number of rotatable bonds is 5. The van der Waals surface area contributed by atoms with Crippen LogP contribution in [0.2, 0.25) is 0 Å². The predicted octanol–water partition coefficient (Wildman–Crippen LogP) is 1.59. The first-order chi connectivity index (χ1) is 8.03. The van der Waals surface area contributed by atoms with Gasteiger partial charge in [0.05, 0.1) is 6.10 Å². The summed E-state index contributed by atoms with van der Waals surface area (Å²) in [7, 11) is 1.73. The Morgan fingerprint density at radius 2 is 2.18 bits per heavy atom. The summed E-state index contributed by atoms with van der Waals surface area (Å²) < 4.78 is 0. The molecule has 2 rings (SSSR count). The zero-order valence-corrected chi connectivity index (χ0v) is 10.9. The lowest BCUT2D eigenvalue weighted by Gasteiger charge is -2.43. The molecule has 0 aromatic rings. The Balaban J connectivity index is 1.75. The van der Waals surface area contributed by atoms with Gasteiger partial charge in [-0.05, 0) is 43.9 Å². The van der Waals surface area contributed by atoms with Gasteiger partial charge in [-0.2, -0.15) is 0 Å². The van der Waals surface area contributed by atoms with Gasteiger partial charge in [0.1, 0.15) is 0 Å². The smallest absolute Gasteiger partial charge is 0.317 e. The maximum Gasteiger partial charge on any atom is 0.317 e. The largest absolute Gasteiger partial charge is 0.392 e. The number of urea groups is 1. The number of hydrogen-bond acceptors (Lipinski definition) is 2. The highest BCUT2D eigenvalue weighted by Gasteiger charge is 2.48. The number of amides is 2. The molecule has 1 unspecified atom stereocenters. The van der Waals surface area contributed by atoms with Crippen LogP contribution in [0.15, 0.2) is 0 Å². The van der Waals surface area contributed by atoms with Crippen molar-refractivity contribution in [3.8, 4) is 0 Å². The third kappa shape index (κ3) is 2.92. The summed E-state index contributed by atoms with van der Waals surface area (Å²) in [4.78, 5) is 13.4. The summed E-state index contributed by atoms with van der Waals surface area (Å²) in [5, 5.41) is 12.3. The number of nitrogens with zero attached hydrogens (tertiary/aromatic N) is 1. The van der Waals surface area contributed by atoms with Gasteiger partial charge >= 0.3 is 6.03 Å². The fourth-order valence-electron chi connectivity index (χ4n) is 2.92. The van der Waals surface area contributed by atoms with E-state index in [-0.39, 0.29) is 6.03 Å². The number of likely N-dealkylation sites (N-methyl/N-ethyl adjacent to an activating group) is 1. The van der Waals surface area contributed by atoms with Crippen molar-refractivity contribution in [3.63, 3.8) is 0 Å². The summed E-state index contributed by atoms with van der Waals surface area (Å²) in [5.74, 6) is 0.860. The van der Waals surface area contributed by atoms with Crippen LogP contribution < -0.4 is 5.32 Å². The highest BCUT2D eigenvalue weighted by atomic mass is 16.3. The summed E-state index contributed by atoms with van der Waals surface area (Å²) in [5.41, 5.74) is 0.418. The zero-order chi connectivity index (χ0) is 12.5. The molecule has 0 spiro atoms. The van der Waals surface area contributed by atoms with Gasteiger partial charge in [0.25, 0.3) is 0 Å². The van der Waals surface area contributed by atoms with Crippen LogP contribution in [0.4, 0.5) is 4.79 Å². The Morgan fingerprint density at radius 3 is 2.59 bits per heavy atom. The van der Waals surface area contributed by atoms with E-state index < -0.39 is 6.10 Å². The number of aliphatic hydroxyl groups excluding tert-OH is 1. The van der Waals surface area contributed by atoms with Crippen LogP contribution in [0.3, 0.4) is 0 Å². The average molecular weight is 240 g/mol. The van der Waals surface area contributed by atoms with Crippen LogP contribution >= 0.6 is 0 Å². The molecule has 17 heavy (non-hydrogen) atoms. The molecule has 0 saturated heterocycles. The third-order valence-electron chi connectivity index (χ3n) is 4.27. The van der Waals surface area contributed by atoms with E-state index in [9.17, 15) is 9.90 Å². The molecule has 2 fully saturated rings. The lowest BCUT2D eigenvalue weighted by molar-refractivity contribution is 0.0957. The zero-order valence-electron chi connectivity index (χ0n) is 10.9. The molecular weight excluding hydrogens is 216 g/mol. The fourth-order valence-corrected chi connectivity index (χ4v) is 2.92. The molecular formula is C13H24N2O2. The van der Waals surface area contributed by atoms with Crippen molar-refractivity contribution in [2.45, 2.75) is 45.1 Å². The molecule has 2 amide bonds. The van der Waals surface area contributed by atoms with Crippen molar-refractivity contribution >= 4 is 6.03 Å². The second-order valence-corrected chi connectivity index (χ2v) is 5.88. The van der Waals surface area contributed by atoms with Crippen molar-refractivity contribution < 1.29 is 9.90 Å². The highest BCUT2D eigenvalue weighted by molar-refractivity contribution is 5.73. The van der Waals surface area contributed by atoms with Gasteiger partial charge < -0.3 is 15.3 Å². The number of aliphatic hydroxyl groups is 1. The van der Waals surface area contributed by atoms with Crippen LogP contribution in [0.25, 0.3) is 0 Å². The number of hydrogen-bond donors (Lipinski definition) is 2. The Labute approximate surface area is 103 Å². The summed E-state index contributed by atoms with van der Waals surface area (Å²) in [6.45, 7) is 2.91. The van der Waals surface area contributed by atoms with E-state index in [1.54, 1.807) is 18.9 Å². The predicted molar refractivity (Wildman–Crippen MR) is 66.7 cm³/mol. The van der Waals surface area contributed by atoms with E-state index in [1.165, 1.54) is 32.1 Å². The summed E-state index contributed by atoms with van der Waals surface area (Å²) >= 11 is 0. The first-order valence-electron chi connectivity index (χ1n) is 6.70. The van der Waals surface area contributed by atoms with Gasteiger partial charge in [-0.15, -0.1) is 0 Å². The van der Waals surface area contributed by atoms with E-state index in [2.05, 4.69) is 5.32 Å². The second-order valence-electron chi connectivity index (χ2n) is 5.88. The number of nitrogens with one attached hydrogen (secondary N) is 1. The molecule has 4 nitrogen and oxygen atoms in total. The van der Waals surface area contributed by atoms with E-state index in [0.717, 1.165) is 12.5 Å². The minimum atomic E-state index is -0.466. The Morgan fingerprint density at radius 1 is 1.53 bits per heavy atom. The Kier molecular flexibility index (Phi) is 3.61. The lowest BCUT2D eigenvalue weighted by atomic mass is 9.65. The van der Waals surface area contributed by atoms with Crippen molar-refractivity contribution in [1.82, 2.24) is 10.2 Å². The Bertz CT molecular complexity index is 283. The van der Waals surface area contributed by atoms with Crippen LogP contribution in [0.1, 0.15) is 39.0 Å². The lowest BCUT2D eigenvalue weighted by Crippen LogP contribution is -2.48. The normalized spacial score (nSPS) is 23.7. The average Bonchev–Trinajstić information content (AvgIpc) is 2.98. The van der Waals surface area contributed by atoms with E-state index in [0.29, 0.717) is 12.0 Å². The molecule has 4 heteroatoms. The molecule has 0 radical (unpaired) electrons. The monoisotopic (exact) mass is 240 g/mol. The quantitative estimate of drug-likeness (QED) is 0.766. The SMILES string of the molecule is CC(O)CN(C)C(=O)NCC1(C2CC2)CCC1. The first-order valence-corrected chi connectivity index (χ1v) is 6.70. The molecule has 0 aromatic heterocycles. The van der Waals surface area contributed by atoms with Gasteiger partial charge in [-0.25, -0.2) is 4.79 Å². The van der Waals surface area contributed by atoms with Crippen molar-refractivity contribution in [2.24, 2.45) is 11.3 Å². The van der Waals surface area contributed by atoms with Gasteiger partial charge in [-0.1, -0.05) is 6.42 Å². The van der Waals surface area contributed by atoms with Crippen LogP contribution in [0.5, 0.6) is 0 Å². The fraction of sp³-hybridized carbons (Fsp3) is 0.923. The standard InChI is InChI=1S/C13H24N2O2/c1-10(16)8-15(2)12(17)14-9-13(6-3-7-13)11-4-5-11/h10-11,16H,3-9H2,1-2H3,(H,14,17). The van der Waals surface area contributed by atoms with Crippen molar-refractivity contribution in [1.29, 1.82) is 0 Å². The molecule has 1 atom stereocenters.